The molecule has 0 spiro atoms. The van der Waals surface area contributed by atoms with Gasteiger partial charge in [-0.3, -0.25) is 0 Å². The third-order valence-corrected chi connectivity index (χ3v) is 2.54. The van der Waals surface area contributed by atoms with Crippen molar-refractivity contribution in [3.8, 4) is 0 Å². The minimum atomic E-state index is -1.44. The van der Waals surface area contributed by atoms with Crippen molar-refractivity contribution in [3.63, 3.8) is 0 Å². The molecular weight excluding hydrogens is 244 g/mol. The van der Waals surface area contributed by atoms with E-state index >= 15 is 0 Å². The van der Waals surface area contributed by atoms with Crippen molar-refractivity contribution in [3.05, 3.63) is 0 Å². The second-order valence-corrected chi connectivity index (χ2v) is 3.81. The first-order valence-electron chi connectivity index (χ1n) is 4.01. The van der Waals surface area contributed by atoms with Crippen LogP contribution in [0.5, 0.6) is 0 Å². The highest BCUT2D eigenvalue weighted by Gasteiger charge is 2.42. The van der Waals surface area contributed by atoms with Gasteiger partial charge in [0.1, 0.15) is 18.3 Å². The summed E-state index contributed by atoms with van der Waals surface area (Å²) in [5.41, 5.74) is 0. The van der Waals surface area contributed by atoms with E-state index in [0.717, 1.165) is 0 Å². The van der Waals surface area contributed by atoms with Crippen molar-refractivity contribution in [1.29, 1.82) is 0 Å². The van der Waals surface area contributed by atoms with Gasteiger partial charge in [-0.05, 0) is 6.42 Å². The fourth-order valence-electron chi connectivity index (χ4n) is 1.28. The molecule has 0 unspecified atom stereocenters. The van der Waals surface area contributed by atoms with Gasteiger partial charge in [-0.15, -0.1) is 0 Å². The van der Waals surface area contributed by atoms with Crippen molar-refractivity contribution < 1.29 is 25.2 Å². The van der Waals surface area contributed by atoms with Crippen LogP contribution in [0.4, 0.5) is 0 Å². The van der Waals surface area contributed by atoms with Crippen LogP contribution in [-0.2, 0) is 4.74 Å². The summed E-state index contributed by atoms with van der Waals surface area (Å²) in [6.45, 7) is 0. The van der Waals surface area contributed by atoms with Crippen molar-refractivity contribution >= 4 is 15.9 Å². The molecule has 1 saturated heterocycles. The summed E-state index contributed by atoms with van der Waals surface area (Å²) in [4.78, 5) is 0. The van der Waals surface area contributed by atoms with Gasteiger partial charge in [0, 0.05) is 5.33 Å². The van der Waals surface area contributed by atoms with Crippen LogP contribution in [-0.4, -0.2) is 56.5 Å². The van der Waals surface area contributed by atoms with Crippen LogP contribution in [0.3, 0.4) is 0 Å². The quantitative estimate of drug-likeness (QED) is 0.455. The number of aliphatic hydroxyl groups excluding tert-OH is 4. The molecular formula is C7H13BrO5. The standard InChI is InChI=1S/C7H13BrO5/c8-2-1-3-4(9)5(10)6(11)7(12)13-3/h3-7,9-12H,1-2H2/t3-,4-,5+,6-,7+/m1/s1. The smallest absolute Gasteiger partial charge is 0.183 e. The third kappa shape index (κ3) is 2.39. The van der Waals surface area contributed by atoms with Gasteiger partial charge in [0.05, 0.1) is 6.10 Å². The molecule has 1 rings (SSSR count). The predicted molar refractivity (Wildman–Crippen MR) is 47.3 cm³/mol. The Morgan fingerprint density at radius 1 is 1.00 bits per heavy atom. The molecule has 0 amide bonds. The zero-order valence-electron chi connectivity index (χ0n) is 6.88. The molecule has 1 aliphatic rings. The van der Waals surface area contributed by atoms with Crippen molar-refractivity contribution in [2.24, 2.45) is 0 Å². The molecule has 0 aromatic heterocycles. The number of hydrogen-bond donors (Lipinski definition) is 4. The number of alkyl halides is 1. The predicted octanol–water partition coefficient (Wildman–Crippen LogP) is -1.43. The van der Waals surface area contributed by atoms with Gasteiger partial charge in [-0.2, -0.15) is 0 Å². The molecule has 0 radical (unpaired) electrons. The number of ether oxygens (including phenoxy) is 1. The molecule has 0 bridgehead atoms. The van der Waals surface area contributed by atoms with Crippen LogP contribution in [0.1, 0.15) is 6.42 Å². The minimum absolute atomic E-state index is 0.460. The van der Waals surface area contributed by atoms with E-state index in [1.54, 1.807) is 0 Å². The molecule has 0 aliphatic carbocycles. The zero-order valence-corrected chi connectivity index (χ0v) is 8.46. The van der Waals surface area contributed by atoms with Gasteiger partial charge in [0.25, 0.3) is 0 Å². The van der Waals surface area contributed by atoms with Gasteiger partial charge in [0.15, 0.2) is 6.29 Å². The summed E-state index contributed by atoms with van der Waals surface area (Å²) in [7, 11) is 0. The van der Waals surface area contributed by atoms with Crippen LogP contribution < -0.4 is 0 Å². The molecule has 0 aromatic carbocycles. The van der Waals surface area contributed by atoms with Gasteiger partial charge in [0.2, 0.25) is 0 Å². The van der Waals surface area contributed by atoms with Crippen LogP contribution in [0.2, 0.25) is 0 Å². The normalized spacial score (nSPS) is 46.4. The Labute approximate surface area is 84.1 Å². The lowest BCUT2D eigenvalue weighted by Gasteiger charge is -2.38. The molecule has 1 fully saturated rings. The number of hydrogen-bond acceptors (Lipinski definition) is 5. The molecule has 13 heavy (non-hydrogen) atoms. The van der Waals surface area contributed by atoms with Crippen LogP contribution >= 0.6 is 15.9 Å². The van der Waals surface area contributed by atoms with Gasteiger partial charge < -0.3 is 25.2 Å². The Kier molecular flexibility index (Phi) is 4.08. The summed E-state index contributed by atoms with van der Waals surface area (Å²) in [5.74, 6) is 0. The zero-order chi connectivity index (χ0) is 10.0. The topological polar surface area (TPSA) is 90.2 Å². The Morgan fingerprint density at radius 3 is 2.15 bits per heavy atom. The lowest BCUT2D eigenvalue weighted by molar-refractivity contribution is -0.281. The molecule has 6 heteroatoms. The number of aliphatic hydroxyl groups is 4. The van der Waals surface area contributed by atoms with E-state index in [4.69, 9.17) is 14.9 Å². The Hall–Kier alpha value is 0.280. The molecule has 1 aliphatic heterocycles. The minimum Gasteiger partial charge on any atom is -0.388 e. The average molecular weight is 257 g/mol. The first kappa shape index (κ1) is 11.4. The molecule has 1 heterocycles. The monoisotopic (exact) mass is 256 g/mol. The maximum atomic E-state index is 9.39. The Balaban J connectivity index is 2.59. The molecule has 5 atom stereocenters. The highest BCUT2D eigenvalue weighted by molar-refractivity contribution is 9.09. The maximum Gasteiger partial charge on any atom is 0.183 e. The number of halogens is 1. The van der Waals surface area contributed by atoms with Crippen LogP contribution in [0.25, 0.3) is 0 Å². The molecule has 0 saturated carbocycles. The molecule has 4 N–H and O–H groups in total. The van der Waals surface area contributed by atoms with Crippen molar-refractivity contribution in [1.82, 2.24) is 0 Å². The van der Waals surface area contributed by atoms with E-state index in [1.165, 1.54) is 0 Å². The fourth-order valence-corrected chi connectivity index (χ4v) is 1.73. The number of rotatable bonds is 2. The van der Waals surface area contributed by atoms with Crippen molar-refractivity contribution in [2.75, 3.05) is 5.33 Å². The first-order chi connectivity index (χ1) is 6.07. The van der Waals surface area contributed by atoms with Crippen LogP contribution in [0.15, 0.2) is 0 Å². The van der Waals surface area contributed by atoms with E-state index in [9.17, 15) is 10.2 Å². The van der Waals surface area contributed by atoms with Crippen molar-refractivity contribution in [2.45, 2.75) is 37.1 Å². The van der Waals surface area contributed by atoms with Crippen LogP contribution in [0, 0.1) is 0 Å². The Morgan fingerprint density at radius 2 is 1.62 bits per heavy atom. The summed E-state index contributed by atoms with van der Waals surface area (Å²) >= 11 is 3.15. The highest BCUT2D eigenvalue weighted by atomic mass is 79.9. The van der Waals surface area contributed by atoms with E-state index < -0.39 is 30.7 Å². The van der Waals surface area contributed by atoms with E-state index in [-0.39, 0.29) is 0 Å². The second-order valence-electron chi connectivity index (χ2n) is 3.01. The summed E-state index contributed by atoms with van der Waals surface area (Å²) in [6.07, 6.45) is -5.57. The summed E-state index contributed by atoms with van der Waals surface area (Å²) in [5, 5.41) is 37.4. The van der Waals surface area contributed by atoms with E-state index in [0.29, 0.717) is 11.8 Å². The second kappa shape index (κ2) is 4.68. The van der Waals surface area contributed by atoms with Gasteiger partial charge in [-0.1, -0.05) is 15.9 Å². The first-order valence-corrected chi connectivity index (χ1v) is 5.13. The lowest BCUT2D eigenvalue weighted by atomic mass is 9.97. The maximum absolute atomic E-state index is 9.39. The molecule has 0 aromatic rings. The largest absolute Gasteiger partial charge is 0.388 e. The van der Waals surface area contributed by atoms with Gasteiger partial charge >= 0.3 is 0 Å². The third-order valence-electron chi connectivity index (χ3n) is 2.08. The van der Waals surface area contributed by atoms with E-state index in [1.807, 2.05) is 0 Å². The molecule has 5 nitrogen and oxygen atoms in total. The molecule has 78 valence electrons. The average Bonchev–Trinajstić information content (AvgIpc) is 2.11. The van der Waals surface area contributed by atoms with Gasteiger partial charge in [-0.25, -0.2) is 0 Å². The summed E-state index contributed by atoms with van der Waals surface area (Å²) < 4.78 is 4.89. The van der Waals surface area contributed by atoms with E-state index in [2.05, 4.69) is 15.9 Å². The Bertz CT molecular complexity index is 167. The fraction of sp³-hybridized carbons (Fsp3) is 1.00. The SMILES string of the molecule is O[C@@H]1[C@@H](O)[C@@H](O)O[C@H](CCBr)[C@H]1O. The highest BCUT2D eigenvalue weighted by Crippen LogP contribution is 2.22. The lowest BCUT2D eigenvalue weighted by Crippen LogP contribution is -2.57. The summed E-state index contributed by atoms with van der Waals surface area (Å²) in [6, 6.07) is 0.